The first-order valence-electron chi connectivity index (χ1n) is 5.86. The van der Waals surface area contributed by atoms with Gasteiger partial charge in [0.25, 0.3) is 0 Å². The molecule has 1 rings (SSSR count). The van der Waals surface area contributed by atoms with Gasteiger partial charge < -0.3 is 21.1 Å². The second kappa shape index (κ2) is 6.49. The fourth-order valence-corrected chi connectivity index (χ4v) is 1.72. The number of hydrogen-bond donors (Lipinski definition) is 4. The summed E-state index contributed by atoms with van der Waals surface area (Å²) in [7, 11) is 0. The Hall–Kier alpha value is -1.43. The topological polar surface area (TPSA) is 104 Å². The van der Waals surface area contributed by atoms with Crippen LogP contribution in [0.5, 0.6) is 0 Å². The largest absolute Gasteiger partial charge is 0.480 e. The molecule has 0 amide bonds. The minimum Gasteiger partial charge on any atom is -0.480 e. The van der Waals surface area contributed by atoms with Gasteiger partial charge in [-0.15, -0.1) is 0 Å². The highest BCUT2D eigenvalue weighted by atomic mass is 16.4. The van der Waals surface area contributed by atoms with Crippen LogP contribution < -0.4 is 5.73 Å². The summed E-state index contributed by atoms with van der Waals surface area (Å²) in [6, 6.07) is 9.68. The number of aryl methyl sites for hydroxylation is 1. The van der Waals surface area contributed by atoms with Crippen molar-refractivity contribution in [3.8, 4) is 0 Å². The number of carboxylic acid groups (broad SMARTS) is 1. The van der Waals surface area contributed by atoms with E-state index in [4.69, 9.17) is 15.9 Å². The third kappa shape index (κ3) is 3.53. The molecule has 100 valence electrons. The maximum Gasteiger partial charge on any atom is 0.328 e. The number of hydrogen-bond acceptors (Lipinski definition) is 4. The van der Waals surface area contributed by atoms with Gasteiger partial charge in [0.2, 0.25) is 0 Å². The molecule has 0 aliphatic heterocycles. The van der Waals surface area contributed by atoms with Crippen molar-refractivity contribution in [2.45, 2.75) is 30.9 Å². The zero-order valence-electron chi connectivity index (χ0n) is 10.1. The number of carbonyl (C=O) groups is 1. The second-order valence-electron chi connectivity index (χ2n) is 4.40. The Kier molecular flexibility index (Phi) is 5.27. The molecule has 5 heteroatoms. The van der Waals surface area contributed by atoms with E-state index in [0.29, 0.717) is 6.42 Å². The zero-order chi connectivity index (χ0) is 13.6. The molecular weight excluding hydrogens is 234 g/mol. The second-order valence-corrected chi connectivity index (χ2v) is 4.40. The highest BCUT2D eigenvalue weighted by Gasteiger charge is 2.40. The first-order valence-corrected chi connectivity index (χ1v) is 5.86. The summed E-state index contributed by atoms with van der Waals surface area (Å²) in [5.41, 5.74) is 4.61. The summed E-state index contributed by atoms with van der Waals surface area (Å²) >= 11 is 0. The van der Waals surface area contributed by atoms with Crippen LogP contribution in [0.4, 0.5) is 0 Å². The lowest BCUT2D eigenvalue weighted by atomic mass is 9.90. The van der Waals surface area contributed by atoms with Gasteiger partial charge in [-0.05, 0) is 24.8 Å². The molecule has 1 aromatic carbocycles. The van der Waals surface area contributed by atoms with Crippen LogP contribution in [-0.4, -0.2) is 39.5 Å². The average Bonchev–Trinajstić information content (AvgIpc) is 2.38. The van der Waals surface area contributed by atoms with Crippen molar-refractivity contribution < 1.29 is 20.1 Å². The van der Waals surface area contributed by atoms with E-state index in [0.717, 1.165) is 12.0 Å². The molecule has 0 aromatic heterocycles. The molecule has 18 heavy (non-hydrogen) atoms. The summed E-state index contributed by atoms with van der Waals surface area (Å²) in [6.45, 7) is -0.783. The summed E-state index contributed by atoms with van der Waals surface area (Å²) in [5.74, 6) is -1.39. The Balaban J connectivity index is 2.46. The van der Waals surface area contributed by atoms with E-state index < -0.39 is 24.2 Å². The van der Waals surface area contributed by atoms with Crippen molar-refractivity contribution in [2.24, 2.45) is 5.73 Å². The van der Waals surface area contributed by atoms with Crippen LogP contribution in [-0.2, 0) is 11.2 Å². The smallest absolute Gasteiger partial charge is 0.328 e. The molecule has 0 fully saturated rings. The highest BCUT2D eigenvalue weighted by molar-refractivity contribution is 5.79. The Labute approximate surface area is 106 Å². The molecule has 1 aromatic rings. The number of carboxylic acids is 1. The van der Waals surface area contributed by atoms with Gasteiger partial charge in [-0.1, -0.05) is 30.3 Å². The molecule has 0 unspecified atom stereocenters. The van der Waals surface area contributed by atoms with Crippen LogP contribution in [0.25, 0.3) is 0 Å². The number of aliphatic hydroxyl groups is 2. The first-order chi connectivity index (χ1) is 8.50. The minimum atomic E-state index is -1.98. The maximum absolute atomic E-state index is 10.9. The number of aliphatic carboxylic acids is 1. The third-order valence-electron chi connectivity index (χ3n) is 3.04. The monoisotopic (exact) mass is 253 g/mol. The Morgan fingerprint density at radius 3 is 2.44 bits per heavy atom. The van der Waals surface area contributed by atoms with Crippen LogP contribution in [0.3, 0.4) is 0 Å². The van der Waals surface area contributed by atoms with Gasteiger partial charge in [-0.25, -0.2) is 0 Å². The van der Waals surface area contributed by atoms with Crippen LogP contribution in [0, 0.1) is 0 Å². The summed E-state index contributed by atoms with van der Waals surface area (Å²) in [5, 5.41) is 27.6. The number of benzene rings is 1. The van der Waals surface area contributed by atoms with Crippen LogP contribution in [0.1, 0.15) is 18.4 Å². The standard InChI is InChI=1S/C13H19NO4/c14-13(9-15,12(17)18)11(16)8-4-7-10-5-2-1-3-6-10/h1-3,5-6,11,15-16H,4,7-9,14H2,(H,17,18)/t11-,13-/m0/s1. The molecule has 0 spiro atoms. The molecule has 5 N–H and O–H groups in total. The molecule has 2 atom stereocenters. The number of aliphatic hydroxyl groups excluding tert-OH is 2. The molecule has 0 bridgehead atoms. The Morgan fingerprint density at radius 2 is 1.94 bits per heavy atom. The van der Waals surface area contributed by atoms with Crippen LogP contribution >= 0.6 is 0 Å². The van der Waals surface area contributed by atoms with Gasteiger partial charge in [-0.2, -0.15) is 0 Å². The summed E-state index contributed by atoms with van der Waals surface area (Å²) < 4.78 is 0. The Morgan fingerprint density at radius 1 is 1.33 bits per heavy atom. The molecule has 0 aliphatic carbocycles. The number of rotatable bonds is 7. The van der Waals surface area contributed by atoms with Gasteiger partial charge >= 0.3 is 5.97 Å². The van der Waals surface area contributed by atoms with Gasteiger partial charge in [0.1, 0.15) is 0 Å². The lowest BCUT2D eigenvalue weighted by Crippen LogP contribution is -2.60. The van der Waals surface area contributed by atoms with Crippen molar-refractivity contribution in [1.82, 2.24) is 0 Å². The lowest BCUT2D eigenvalue weighted by Gasteiger charge is -2.27. The van der Waals surface area contributed by atoms with E-state index >= 15 is 0 Å². The SMILES string of the molecule is N[C@](CO)(C(=O)O)[C@@H](O)CCCc1ccccc1. The minimum absolute atomic E-state index is 0.234. The van der Waals surface area contributed by atoms with Gasteiger partial charge in [0.15, 0.2) is 5.54 Å². The van der Waals surface area contributed by atoms with E-state index in [1.165, 1.54) is 0 Å². The molecule has 0 saturated heterocycles. The molecule has 0 saturated carbocycles. The predicted molar refractivity (Wildman–Crippen MR) is 67.0 cm³/mol. The van der Waals surface area contributed by atoms with E-state index in [1.54, 1.807) is 0 Å². The van der Waals surface area contributed by atoms with E-state index in [2.05, 4.69) is 0 Å². The maximum atomic E-state index is 10.9. The van der Waals surface area contributed by atoms with Crippen molar-refractivity contribution in [3.63, 3.8) is 0 Å². The van der Waals surface area contributed by atoms with Crippen molar-refractivity contribution in [3.05, 3.63) is 35.9 Å². The molecule has 0 aliphatic rings. The van der Waals surface area contributed by atoms with Crippen molar-refractivity contribution >= 4 is 5.97 Å². The molecule has 0 radical (unpaired) electrons. The predicted octanol–water partition coefficient (Wildman–Crippen LogP) is 0.145. The van der Waals surface area contributed by atoms with Gasteiger partial charge in [0, 0.05) is 0 Å². The number of nitrogens with two attached hydrogens (primary N) is 1. The van der Waals surface area contributed by atoms with E-state index in [-0.39, 0.29) is 6.42 Å². The third-order valence-corrected chi connectivity index (χ3v) is 3.04. The molecule has 5 nitrogen and oxygen atoms in total. The van der Waals surface area contributed by atoms with Crippen LogP contribution in [0.15, 0.2) is 30.3 Å². The van der Waals surface area contributed by atoms with Crippen molar-refractivity contribution in [2.75, 3.05) is 6.61 Å². The highest BCUT2D eigenvalue weighted by Crippen LogP contribution is 2.14. The fourth-order valence-electron chi connectivity index (χ4n) is 1.72. The van der Waals surface area contributed by atoms with E-state index in [1.807, 2.05) is 30.3 Å². The lowest BCUT2D eigenvalue weighted by molar-refractivity contribution is -0.150. The fraction of sp³-hybridized carbons (Fsp3) is 0.462. The average molecular weight is 253 g/mol. The summed E-state index contributed by atoms with van der Waals surface area (Å²) in [4.78, 5) is 10.9. The van der Waals surface area contributed by atoms with Crippen LogP contribution in [0.2, 0.25) is 0 Å². The van der Waals surface area contributed by atoms with Gasteiger partial charge in [-0.3, -0.25) is 4.79 Å². The summed E-state index contributed by atoms with van der Waals surface area (Å²) in [6.07, 6.45) is 0.318. The first kappa shape index (κ1) is 14.6. The van der Waals surface area contributed by atoms with Gasteiger partial charge in [0.05, 0.1) is 12.7 Å². The zero-order valence-corrected chi connectivity index (χ0v) is 10.1. The Bertz CT molecular complexity index is 382. The molecular formula is C13H19NO4. The normalized spacial score (nSPS) is 15.9. The molecule has 0 heterocycles. The van der Waals surface area contributed by atoms with Crippen molar-refractivity contribution in [1.29, 1.82) is 0 Å². The quantitative estimate of drug-likeness (QED) is 0.553. The van der Waals surface area contributed by atoms with E-state index in [9.17, 15) is 9.90 Å².